The van der Waals surface area contributed by atoms with Gasteiger partial charge in [-0.15, -0.1) is 0 Å². The van der Waals surface area contributed by atoms with E-state index in [9.17, 15) is 9.59 Å². The molecule has 0 spiro atoms. The zero-order valence-electron chi connectivity index (χ0n) is 14.7. The standard InChI is InChI=1S/C21H18ClNO4/c1-26-19-9-8-17(12-18(19)22)23-20(24)13-27-21(25)11-14-6-7-15-4-2-3-5-16(15)10-14/h2-10,12H,11,13H2,1H3,(H,23,24). The van der Waals surface area contributed by atoms with Crippen molar-refractivity contribution in [2.75, 3.05) is 19.0 Å². The number of rotatable bonds is 6. The Bertz CT molecular complexity index is 987. The summed E-state index contributed by atoms with van der Waals surface area (Å²) < 4.78 is 10.1. The molecule has 0 heterocycles. The van der Waals surface area contributed by atoms with Crippen LogP contribution in [0.4, 0.5) is 5.69 Å². The lowest BCUT2D eigenvalue weighted by Gasteiger charge is -2.09. The van der Waals surface area contributed by atoms with Gasteiger partial charge in [-0.1, -0.05) is 54.1 Å². The van der Waals surface area contributed by atoms with Gasteiger partial charge in [-0.25, -0.2) is 0 Å². The molecule has 0 saturated carbocycles. The molecule has 3 aromatic rings. The van der Waals surface area contributed by atoms with Gasteiger partial charge in [0.1, 0.15) is 5.75 Å². The van der Waals surface area contributed by atoms with Crippen molar-refractivity contribution in [3.05, 3.63) is 71.2 Å². The second-order valence-electron chi connectivity index (χ2n) is 5.92. The largest absolute Gasteiger partial charge is 0.495 e. The highest BCUT2D eigenvalue weighted by molar-refractivity contribution is 6.32. The first-order chi connectivity index (χ1) is 13.0. The lowest BCUT2D eigenvalue weighted by molar-refractivity contribution is -0.146. The Kier molecular flexibility index (Phi) is 5.94. The normalized spacial score (nSPS) is 10.4. The first-order valence-corrected chi connectivity index (χ1v) is 8.69. The summed E-state index contributed by atoms with van der Waals surface area (Å²) in [6, 6.07) is 18.5. The molecule has 3 aromatic carbocycles. The average molecular weight is 384 g/mol. The van der Waals surface area contributed by atoms with Gasteiger partial charge in [-0.2, -0.15) is 0 Å². The third-order valence-corrected chi connectivity index (χ3v) is 4.26. The van der Waals surface area contributed by atoms with Crippen LogP contribution < -0.4 is 10.1 Å². The highest BCUT2D eigenvalue weighted by Gasteiger charge is 2.10. The molecular weight excluding hydrogens is 366 g/mol. The first-order valence-electron chi connectivity index (χ1n) is 8.32. The first kappa shape index (κ1) is 18.7. The van der Waals surface area contributed by atoms with E-state index in [1.807, 2.05) is 42.5 Å². The van der Waals surface area contributed by atoms with Gasteiger partial charge < -0.3 is 14.8 Å². The van der Waals surface area contributed by atoms with Crippen LogP contribution in [0.2, 0.25) is 5.02 Å². The number of halogens is 1. The summed E-state index contributed by atoms with van der Waals surface area (Å²) in [5.74, 6) is -0.396. The predicted octanol–water partition coefficient (Wildman–Crippen LogP) is 4.23. The van der Waals surface area contributed by atoms with Crippen LogP contribution in [0.25, 0.3) is 10.8 Å². The summed E-state index contributed by atoms with van der Waals surface area (Å²) in [6.45, 7) is -0.365. The van der Waals surface area contributed by atoms with Crippen molar-refractivity contribution >= 4 is 39.9 Å². The Morgan fingerprint density at radius 3 is 2.52 bits per heavy atom. The monoisotopic (exact) mass is 383 g/mol. The minimum atomic E-state index is -0.465. The molecule has 0 radical (unpaired) electrons. The second-order valence-corrected chi connectivity index (χ2v) is 6.32. The lowest BCUT2D eigenvalue weighted by atomic mass is 10.1. The number of anilines is 1. The van der Waals surface area contributed by atoms with E-state index in [2.05, 4.69) is 5.32 Å². The fourth-order valence-electron chi connectivity index (χ4n) is 2.65. The molecule has 0 aliphatic rings. The van der Waals surface area contributed by atoms with Crippen LogP contribution in [0, 0.1) is 0 Å². The van der Waals surface area contributed by atoms with Crippen molar-refractivity contribution in [1.29, 1.82) is 0 Å². The summed E-state index contributed by atoms with van der Waals surface area (Å²) in [7, 11) is 1.51. The van der Waals surface area contributed by atoms with Gasteiger partial charge in [0.05, 0.1) is 18.6 Å². The number of esters is 1. The number of hydrogen-bond donors (Lipinski definition) is 1. The molecule has 5 nitrogen and oxygen atoms in total. The van der Waals surface area contributed by atoms with Crippen molar-refractivity contribution in [3.8, 4) is 5.75 Å². The van der Waals surface area contributed by atoms with E-state index in [0.717, 1.165) is 16.3 Å². The zero-order valence-corrected chi connectivity index (χ0v) is 15.5. The zero-order chi connectivity index (χ0) is 19.2. The fourth-order valence-corrected chi connectivity index (χ4v) is 2.91. The minimum absolute atomic E-state index is 0.104. The molecule has 27 heavy (non-hydrogen) atoms. The fraction of sp³-hybridized carbons (Fsp3) is 0.143. The van der Waals surface area contributed by atoms with Crippen molar-refractivity contribution in [1.82, 2.24) is 0 Å². The smallest absolute Gasteiger partial charge is 0.310 e. The van der Waals surface area contributed by atoms with Crippen LogP contribution in [-0.4, -0.2) is 25.6 Å². The van der Waals surface area contributed by atoms with Crippen LogP contribution in [-0.2, 0) is 20.7 Å². The van der Waals surface area contributed by atoms with Crippen molar-refractivity contribution < 1.29 is 19.1 Å². The Hall–Kier alpha value is -3.05. The third kappa shape index (κ3) is 4.99. The van der Waals surface area contributed by atoms with Crippen LogP contribution in [0.3, 0.4) is 0 Å². The SMILES string of the molecule is COc1ccc(NC(=O)COC(=O)Cc2ccc3ccccc3c2)cc1Cl. The summed E-state index contributed by atoms with van der Waals surface area (Å²) in [6.07, 6.45) is 0.104. The van der Waals surface area contributed by atoms with E-state index in [1.165, 1.54) is 7.11 Å². The summed E-state index contributed by atoms with van der Waals surface area (Å²) in [5, 5.41) is 5.16. The molecular formula is C21H18ClNO4. The van der Waals surface area contributed by atoms with Gasteiger partial charge in [0.25, 0.3) is 5.91 Å². The number of nitrogens with one attached hydrogen (secondary N) is 1. The number of methoxy groups -OCH3 is 1. The van der Waals surface area contributed by atoms with Gasteiger partial charge in [-0.3, -0.25) is 9.59 Å². The summed E-state index contributed by atoms with van der Waals surface area (Å²) in [5.41, 5.74) is 1.33. The number of amides is 1. The van der Waals surface area contributed by atoms with Crippen LogP contribution in [0.15, 0.2) is 60.7 Å². The molecule has 3 rings (SSSR count). The molecule has 0 bridgehead atoms. The van der Waals surface area contributed by atoms with Crippen LogP contribution >= 0.6 is 11.6 Å². The van der Waals surface area contributed by atoms with Crippen LogP contribution in [0.1, 0.15) is 5.56 Å². The van der Waals surface area contributed by atoms with E-state index < -0.39 is 11.9 Å². The van der Waals surface area contributed by atoms with Gasteiger partial charge in [-0.05, 0) is 34.5 Å². The molecule has 0 aliphatic carbocycles. The van der Waals surface area contributed by atoms with E-state index >= 15 is 0 Å². The minimum Gasteiger partial charge on any atom is -0.495 e. The molecule has 1 amide bonds. The second kappa shape index (κ2) is 8.56. The van der Waals surface area contributed by atoms with Gasteiger partial charge >= 0.3 is 5.97 Å². The van der Waals surface area contributed by atoms with Gasteiger partial charge in [0.2, 0.25) is 0 Å². The molecule has 0 aromatic heterocycles. The molecule has 1 N–H and O–H groups in total. The van der Waals surface area contributed by atoms with E-state index in [1.54, 1.807) is 18.2 Å². The van der Waals surface area contributed by atoms with Crippen molar-refractivity contribution in [2.45, 2.75) is 6.42 Å². The predicted molar refractivity (Wildman–Crippen MR) is 105 cm³/mol. The molecule has 0 saturated heterocycles. The highest BCUT2D eigenvalue weighted by Crippen LogP contribution is 2.27. The number of carbonyl (C=O) groups is 2. The Labute approximate surface area is 161 Å². The topological polar surface area (TPSA) is 64.6 Å². The molecule has 0 fully saturated rings. The summed E-state index contributed by atoms with van der Waals surface area (Å²) in [4.78, 5) is 24.0. The molecule has 0 unspecified atom stereocenters. The van der Waals surface area contributed by atoms with Gasteiger partial charge in [0, 0.05) is 5.69 Å². The molecule has 6 heteroatoms. The maximum Gasteiger partial charge on any atom is 0.310 e. The number of benzene rings is 3. The third-order valence-electron chi connectivity index (χ3n) is 3.96. The number of hydrogen-bond acceptors (Lipinski definition) is 4. The molecule has 0 atom stereocenters. The Balaban J connectivity index is 1.52. The van der Waals surface area contributed by atoms with Crippen molar-refractivity contribution in [2.24, 2.45) is 0 Å². The van der Waals surface area contributed by atoms with E-state index in [0.29, 0.717) is 16.5 Å². The average Bonchev–Trinajstić information content (AvgIpc) is 2.66. The highest BCUT2D eigenvalue weighted by atomic mass is 35.5. The lowest BCUT2D eigenvalue weighted by Crippen LogP contribution is -2.21. The number of fused-ring (bicyclic) bond motifs is 1. The maximum atomic E-state index is 12.0. The Morgan fingerprint density at radius 1 is 1.00 bits per heavy atom. The number of ether oxygens (including phenoxy) is 2. The number of carbonyl (C=O) groups excluding carboxylic acids is 2. The van der Waals surface area contributed by atoms with Crippen LogP contribution in [0.5, 0.6) is 5.75 Å². The molecule has 0 aliphatic heterocycles. The quantitative estimate of drug-likeness (QED) is 0.647. The van der Waals surface area contributed by atoms with E-state index in [-0.39, 0.29) is 13.0 Å². The van der Waals surface area contributed by atoms with Gasteiger partial charge in [0.15, 0.2) is 6.61 Å². The molecule has 138 valence electrons. The van der Waals surface area contributed by atoms with E-state index in [4.69, 9.17) is 21.1 Å². The van der Waals surface area contributed by atoms with Crippen molar-refractivity contribution in [3.63, 3.8) is 0 Å². The maximum absolute atomic E-state index is 12.0. The summed E-state index contributed by atoms with van der Waals surface area (Å²) >= 11 is 6.01. The Morgan fingerprint density at radius 2 is 1.78 bits per heavy atom.